The number of fused-ring (bicyclic) bond motifs is 1. The number of amides is 1. The largest absolute Gasteiger partial charge is 0.324 e. The number of carbonyl (C=O) groups is 1. The van der Waals surface area contributed by atoms with E-state index in [9.17, 15) is 4.79 Å². The maximum absolute atomic E-state index is 11.9. The fraction of sp³-hybridized carbons (Fsp3) is 0.429. The van der Waals surface area contributed by atoms with E-state index in [0.29, 0.717) is 6.54 Å². The number of benzene rings is 1. The Balaban J connectivity index is 2.25. The molecule has 0 aromatic heterocycles. The first kappa shape index (κ1) is 12.6. The van der Waals surface area contributed by atoms with Crippen LogP contribution in [0.5, 0.6) is 0 Å². The molecule has 0 aliphatic carbocycles. The first-order valence-electron chi connectivity index (χ1n) is 6.08. The van der Waals surface area contributed by atoms with E-state index in [1.807, 2.05) is 26.8 Å². The van der Waals surface area contributed by atoms with Crippen molar-refractivity contribution in [3.05, 3.63) is 28.8 Å². The molecule has 4 heteroatoms. The van der Waals surface area contributed by atoms with E-state index < -0.39 is 0 Å². The summed E-state index contributed by atoms with van der Waals surface area (Å²) in [5, 5.41) is 14.8. The Morgan fingerprint density at radius 3 is 2.89 bits per heavy atom. The van der Waals surface area contributed by atoms with Gasteiger partial charge in [-0.2, -0.15) is 5.26 Å². The molecule has 1 aliphatic rings. The summed E-state index contributed by atoms with van der Waals surface area (Å²) in [6, 6.07) is 5.87. The van der Waals surface area contributed by atoms with Gasteiger partial charge in [0.2, 0.25) is 5.91 Å². The lowest BCUT2D eigenvalue weighted by atomic mass is 9.99. The van der Waals surface area contributed by atoms with Gasteiger partial charge < -0.3 is 10.6 Å². The standard InChI is InChI=1S/C14H17N3O/c1-8-4-10(3)12-11(5-8)17-14(18)13(12)16-7-9(2)6-15/h4-5,9,13,16H,7H2,1-3H3,(H,17,18). The van der Waals surface area contributed by atoms with E-state index in [0.717, 1.165) is 22.4 Å². The van der Waals surface area contributed by atoms with Crippen LogP contribution in [0.2, 0.25) is 0 Å². The predicted molar refractivity (Wildman–Crippen MR) is 70.1 cm³/mol. The Bertz CT molecular complexity index is 531. The van der Waals surface area contributed by atoms with Crippen molar-refractivity contribution in [2.24, 2.45) is 5.92 Å². The van der Waals surface area contributed by atoms with Crippen LogP contribution >= 0.6 is 0 Å². The SMILES string of the molecule is Cc1cc(C)c2c(c1)NC(=O)C2NCC(C)C#N. The fourth-order valence-electron chi connectivity index (χ4n) is 2.34. The minimum atomic E-state index is -0.337. The highest BCUT2D eigenvalue weighted by Gasteiger charge is 2.31. The lowest BCUT2D eigenvalue weighted by molar-refractivity contribution is -0.117. The van der Waals surface area contributed by atoms with Crippen molar-refractivity contribution in [1.29, 1.82) is 5.26 Å². The first-order chi connectivity index (χ1) is 8.52. The zero-order chi connectivity index (χ0) is 13.3. The molecule has 94 valence electrons. The third-order valence-electron chi connectivity index (χ3n) is 3.19. The van der Waals surface area contributed by atoms with Gasteiger partial charge in [-0.05, 0) is 38.0 Å². The topological polar surface area (TPSA) is 64.9 Å². The molecule has 1 aromatic carbocycles. The molecule has 1 amide bonds. The van der Waals surface area contributed by atoms with Crippen molar-refractivity contribution < 1.29 is 4.79 Å². The van der Waals surface area contributed by atoms with E-state index >= 15 is 0 Å². The summed E-state index contributed by atoms with van der Waals surface area (Å²) in [4.78, 5) is 11.9. The second-order valence-electron chi connectivity index (χ2n) is 4.90. The quantitative estimate of drug-likeness (QED) is 0.854. The molecule has 18 heavy (non-hydrogen) atoms. The van der Waals surface area contributed by atoms with E-state index in [1.165, 1.54) is 0 Å². The molecule has 2 atom stereocenters. The number of hydrogen-bond acceptors (Lipinski definition) is 3. The van der Waals surface area contributed by atoms with Gasteiger partial charge >= 0.3 is 0 Å². The molecule has 1 aliphatic heterocycles. The van der Waals surface area contributed by atoms with Gasteiger partial charge in [-0.15, -0.1) is 0 Å². The van der Waals surface area contributed by atoms with Crippen molar-refractivity contribution >= 4 is 11.6 Å². The molecule has 0 radical (unpaired) electrons. The number of anilines is 1. The van der Waals surface area contributed by atoms with Crippen molar-refractivity contribution in [3.8, 4) is 6.07 Å². The van der Waals surface area contributed by atoms with Crippen molar-refractivity contribution in [1.82, 2.24) is 5.32 Å². The second kappa shape index (κ2) is 4.79. The molecule has 0 saturated carbocycles. The zero-order valence-corrected chi connectivity index (χ0v) is 10.9. The number of hydrogen-bond donors (Lipinski definition) is 2. The molecule has 1 heterocycles. The highest BCUT2D eigenvalue weighted by atomic mass is 16.2. The number of carbonyl (C=O) groups excluding carboxylic acids is 1. The van der Waals surface area contributed by atoms with Crippen LogP contribution in [0.25, 0.3) is 0 Å². The van der Waals surface area contributed by atoms with Crippen LogP contribution in [0.15, 0.2) is 12.1 Å². The van der Waals surface area contributed by atoms with Gasteiger partial charge in [0.1, 0.15) is 6.04 Å². The molecule has 0 spiro atoms. The average molecular weight is 243 g/mol. The Morgan fingerprint density at radius 1 is 1.50 bits per heavy atom. The molecule has 4 nitrogen and oxygen atoms in total. The summed E-state index contributed by atoms with van der Waals surface area (Å²) in [7, 11) is 0. The van der Waals surface area contributed by atoms with Crippen molar-refractivity contribution in [3.63, 3.8) is 0 Å². The van der Waals surface area contributed by atoms with E-state index in [-0.39, 0.29) is 17.9 Å². The van der Waals surface area contributed by atoms with Gasteiger partial charge in [0.25, 0.3) is 0 Å². The predicted octanol–water partition coefficient (Wildman–Crippen LogP) is 2.05. The molecule has 0 bridgehead atoms. The Hall–Kier alpha value is -1.86. The number of nitrogens with zero attached hydrogens (tertiary/aromatic N) is 1. The zero-order valence-electron chi connectivity index (χ0n) is 10.9. The summed E-state index contributed by atoms with van der Waals surface area (Å²) in [6.45, 7) is 6.37. The minimum Gasteiger partial charge on any atom is -0.324 e. The molecule has 0 saturated heterocycles. The highest BCUT2D eigenvalue weighted by molar-refractivity contribution is 6.03. The average Bonchev–Trinajstić information content (AvgIpc) is 2.62. The molecule has 2 N–H and O–H groups in total. The molecule has 1 aromatic rings. The van der Waals surface area contributed by atoms with Gasteiger partial charge in [0.05, 0.1) is 12.0 Å². The molecule has 2 rings (SSSR count). The Kier molecular flexibility index (Phi) is 3.35. The van der Waals surface area contributed by atoms with E-state index in [2.05, 4.69) is 22.8 Å². The van der Waals surface area contributed by atoms with Gasteiger partial charge in [0.15, 0.2) is 0 Å². The first-order valence-corrected chi connectivity index (χ1v) is 6.08. The van der Waals surface area contributed by atoms with Gasteiger partial charge in [0, 0.05) is 17.8 Å². The molecule has 2 unspecified atom stereocenters. The molecule has 0 fully saturated rings. The smallest absolute Gasteiger partial charge is 0.246 e. The summed E-state index contributed by atoms with van der Waals surface area (Å²) < 4.78 is 0. The van der Waals surface area contributed by atoms with E-state index in [4.69, 9.17) is 5.26 Å². The summed E-state index contributed by atoms with van der Waals surface area (Å²) in [5.74, 6) is -0.142. The molecular formula is C14H17N3O. The number of nitrogens with one attached hydrogen (secondary N) is 2. The van der Waals surface area contributed by atoms with Crippen molar-refractivity contribution in [2.45, 2.75) is 26.8 Å². The van der Waals surface area contributed by atoms with Crippen LogP contribution in [0, 0.1) is 31.1 Å². The second-order valence-corrected chi connectivity index (χ2v) is 4.90. The van der Waals surface area contributed by atoms with Crippen LogP contribution in [-0.2, 0) is 4.79 Å². The van der Waals surface area contributed by atoms with Crippen LogP contribution in [-0.4, -0.2) is 12.5 Å². The monoisotopic (exact) mass is 243 g/mol. The fourth-order valence-corrected chi connectivity index (χ4v) is 2.34. The Labute approximate surface area is 107 Å². The summed E-state index contributed by atoms with van der Waals surface area (Å²) >= 11 is 0. The lowest BCUT2D eigenvalue weighted by Crippen LogP contribution is -2.31. The third-order valence-corrected chi connectivity index (χ3v) is 3.19. The van der Waals surface area contributed by atoms with Crippen LogP contribution in [0.1, 0.15) is 29.7 Å². The van der Waals surface area contributed by atoms with E-state index in [1.54, 1.807) is 0 Å². The van der Waals surface area contributed by atoms with Crippen LogP contribution < -0.4 is 10.6 Å². The normalized spacial score (nSPS) is 19.0. The lowest BCUT2D eigenvalue weighted by Gasteiger charge is -2.14. The van der Waals surface area contributed by atoms with Crippen molar-refractivity contribution in [2.75, 3.05) is 11.9 Å². The van der Waals surface area contributed by atoms with Gasteiger partial charge in [-0.3, -0.25) is 4.79 Å². The van der Waals surface area contributed by atoms with Crippen LogP contribution in [0.4, 0.5) is 5.69 Å². The highest BCUT2D eigenvalue weighted by Crippen LogP contribution is 2.34. The Morgan fingerprint density at radius 2 is 2.22 bits per heavy atom. The third kappa shape index (κ3) is 2.22. The van der Waals surface area contributed by atoms with Crippen LogP contribution in [0.3, 0.4) is 0 Å². The number of rotatable bonds is 3. The number of aryl methyl sites for hydroxylation is 2. The number of nitriles is 1. The summed E-state index contributed by atoms with van der Waals surface area (Å²) in [6.07, 6.45) is 0. The minimum absolute atomic E-state index is 0.0381. The molecular weight excluding hydrogens is 226 g/mol. The van der Waals surface area contributed by atoms with Gasteiger partial charge in [-0.25, -0.2) is 0 Å². The van der Waals surface area contributed by atoms with Gasteiger partial charge in [-0.1, -0.05) is 6.07 Å². The summed E-state index contributed by atoms with van der Waals surface area (Å²) in [5.41, 5.74) is 4.14. The maximum atomic E-state index is 11.9. The maximum Gasteiger partial charge on any atom is 0.246 e.